The highest BCUT2D eigenvalue weighted by molar-refractivity contribution is 6.14. The van der Waals surface area contributed by atoms with Crippen LogP contribution in [0.1, 0.15) is 29.8 Å². The highest BCUT2D eigenvalue weighted by Crippen LogP contribution is 2.22. The molecule has 0 radical (unpaired) electrons. The topological polar surface area (TPSA) is 118 Å². The van der Waals surface area contributed by atoms with Gasteiger partial charge in [0.15, 0.2) is 5.78 Å². The monoisotopic (exact) mass is 437 g/mol. The number of anilines is 1. The zero-order valence-electron chi connectivity index (χ0n) is 16.4. The molecule has 0 aliphatic carbocycles. The van der Waals surface area contributed by atoms with Gasteiger partial charge in [0.2, 0.25) is 5.91 Å². The molecule has 0 saturated carbocycles. The van der Waals surface area contributed by atoms with Crippen molar-refractivity contribution in [2.75, 3.05) is 5.32 Å². The molecule has 0 saturated heterocycles. The third-order valence-corrected chi connectivity index (χ3v) is 4.26. The van der Waals surface area contributed by atoms with E-state index in [4.69, 9.17) is 0 Å². The molecule has 1 unspecified atom stereocenters. The van der Waals surface area contributed by atoms with Gasteiger partial charge in [-0.05, 0) is 30.2 Å². The number of nitro benzene ring substituents is 1. The van der Waals surface area contributed by atoms with Crippen molar-refractivity contribution in [3.63, 3.8) is 0 Å². The molecule has 0 heterocycles. The largest absolute Gasteiger partial charge is 0.471 e. The summed E-state index contributed by atoms with van der Waals surface area (Å²) in [5, 5.41) is 14.8. The number of benzene rings is 2. The number of amides is 2. The first-order valence-electron chi connectivity index (χ1n) is 8.98. The van der Waals surface area contributed by atoms with Crippen molar-refractivity contribution < 1.29 is 32.5 Å². The quantitative estimate of drug-likeness (QED) is 0.391. The Kier molecular flexibility index (Phi) is 7.11. The average molecular weight is 437 g/mol. The van der Waals surface area contributed by atoms with Crippen molar-refractivity contribution in [3.05, 3.63) is 69.8 Å². The zero-order chi connectivity index (χ0) is 23.3. The van der Waals surface area contributed by atoms with E-state index in [2.05, 4.69) is 5.32 Å². The van der Waals surface area contributed by atoms with Gasteiger partial charge in [0.25, 0.3) is 5.69 Å². The first kappa shape index (κ1) is 23.5. The van der Waals surface area contributed by atoms with Crippen LogP contribution in [-0.4, -0.2) is 34.7 Å². The summed E-state index contributed by atoms with van der Waals surface area (Å²) in [7, 11) is 0. The van der Waals surface area contributed by atoms with Crippen LogP contribution in [0.4, 0.5) is 24.5 Å². The number of para-hydroxylation sites is 1. The number of nitrogens with zero attached hydrogens (tertiary/aromatic N) is 1. The second-order valence-corrected chi connectivity index (χ2v) is 6.86. The maximum atomic E-state index is 12.8. The molecule has 0 aliphatic rings. The van der Waals surface area contributed by atoms with E-state index in [1.165, 1.54) is 50.2 Å². The molecule has 2 N–H and O–H groups in total. The van der Waals surface area contributed by atoms with Crippen LogP contribution in [0, 0.1) is 16.0 Å². The number of nitrogens with one attached hydrogen (secondary N) is 2. The molecular weight excluding hydrogens is 419 g/mol. The third kappa shape index (κ3) is 5.87. The SMILES string of the molecule is CC(C)C(NC(=O)C(F)(F)F)C(=O)Nc1ccccc1C(=O)c1ccc([N+](=O)[O-])cc1. The van der Waals surface area contributed by atoms with Crippen molar-refractivity contribution in [3.8, 4) is 0 Å². The molecule has 164 valence electrons. The number of carbonyl (C=O) groups excluding carboxylic acids is 3. The Labute approximate surface area is 174 Å². The maximum absolute atomic E-state index is 12.8. The summed E-state index contributed by atoms with van der Waals surface area (Å²) in [6.45, 7) is 2.91. The van der Waals surface area contributed by atoms with Gasteiger partial charge in [-0.25, -0.2) is 0 Å². The summed E-state index contributed by atoms with van der Waals surface area (Å²) in [6, 6.07) is 9.07. The van der Waals surface area contributed by atoms with Crippen molar-refractivity contribution in [1.82, 2.24) is 5.32 Å². The minimum atomic E-state index is -5.16. The van der Waals surface area contributed by atoms with Crippen LogP contribution < -0.4 is 10.6 Å². The van der Waals surface area contributed by atoms with Crippen molar-refractivity contribution in [2.45, 2.75) is 26.1 Å². The van der Waals surface area contributed by atoms with Gasteiger partial charge in [-0.2, -0.15) is 13.2 Å². The number of hydrogen-bond donors (Lipinski definition) is 2. The molecule has 0 aromatic heterocycles. The number of ketones is 1. The van der Waals surface area contributed by atoms with Gasteiger partial charge in [-0.15, -0.1) is 0 Å². The van der Waals surface area contributed by atoms with Crippen LogP contribution in [-0.2, 0) is 9.59 Å². The van der Waals surface area contributed by atoms with Crippen LogP contribution >= 0.6 is 0 Å². The standard InChI is InChI=1S/C20H18F3N3O5/c1-11(2)16(25-19(29)20(21,22)23)18(28)24-15-6-4-3-5-14(15)17(27)12-7-9-13(10-8-12)26(30)31/h3-11,16H,1-2H3,(H,24,28)(H,25,29). The number of rotatable bonds is 7. The maximum Gasteiger partial charge on any atom is 0.471 e. The van der Waals surface area contributed by atoms with Crippen molar-refractivity contribution in [2.24, 2.45) is 5.92 Å². The fraction of sp³-hybridized carbons (Fsp3) is 0.250. The summed E-state index contributed by atoms with van der Waals surface area (Å²) >= 11 is 0. The molecule has 8 nitrogen and oxygen atoms in total. The Balaban J connectivity index is 2.27. The highest BCUT2D eigenvalue weighted by Gasteiger charge is 2.41. The number of nitro groups is 1. The highest BCUT2D eigenvalue weighted by atomic mass is 19.4. The number of non-ortho nitro benzene ring substituents is 1. The van der Waals surface area contributed by atoms with Gasteiger partial charge < -0.3 is 10.6 Å². The van der Waals surface area contributed by atoms with Crippen molar-refractivity contribution >= 4 is 29.0 Å². The molecule has 0 bridgehead atoms. The lowest BCUT2D eigenvalue weighted by Gasteiger charge is -2.23. The molecule has 2 amide bonds. The smallest absolute Gasteiger partial charge is 0.336 e. The number of hydrogen-bond acceptors (Lipinski definition) is 5. The number of halogens is 3. The lowest BCUT2D eigenvalue weighted by Crippen LogP contribution is -2.51. The van der Waals surface area contributed by atoms with Gasteiger partial charge in [-0.1, -0.05) is 26.0 Å². The minimum absolute atomic E-state index is 0.0164. The first-order valence-corrected chi connectivity index (χ1v) is 8.98. The summed E-state index contributed by atoms with van der Waals surface area (Å²) in [5.74, 6) is -4.43. The van der Waals surface area contributed by atoms with E-state index in [-0.39, 0.29) is 22.5 Å². The van der Waals surface area contributed by atoms with E-state index in [0.29, 0.717) is 0 Å². The molecule has 0 aliphatic heterocycles. The fourth-order valence-electron chi connectivity index (χ4n) is 2.65. The summed E-state index contributed by atoms with van der Waals surface area (Å²) < 4.78 is 37.7. The van der Waals surface area contributed by atoms with Gasteiger partial charge in [0, 0.05) is 23.3 Å². The second kappa shape index (κ2) is 9.37. The van der Waals surface area contributed by atoms with Crippen LogP contribution in [0.15, 0.2) is 48.5 Å². The number of carbonyl (C=O) groups is 3. The lowest BCUT2D eigenvalue weighted by atomic mass is 10.00. The van der Waals surface area contributed by atoms with Crippen LogP contribution in [0.2, 0.25) is 0 Å². The van der Waals surface area contributed by atoms with E-state index in [1.807, 2.05) is 0 Å². The molecule has 11 heteroatoms. The van der Waals surface area contributed by atoms with E-state index < -0.39 is 40.7 Å². The molecule has 2 aromatic rings. The Morgan fingerprint density at radius 3 is 2.10 bits per heavy atom. The van der Waals surface area contributed by atoms with Crippen LogP contribution in [0.5, 0.6) is 0 Å². The zero-order valence-corrected chi connectivity index (χ0v) is 16.4. The summed E-state index contributed by atoms with van der Waals surface area (Å²) in [4.78, 5) is 46.8. The van der Waals surface area contributed by atoms with Gasteiger partial charge in [0.05, 0.1) is 10.6 Å². The average Bonchev–Trinajstić information content (AvgIpc) is 2.70. The molecule has 2 rings (SSSR count). The molecule has 1 atom stereocenters. The fourth-order valence-corrected chi connectivity index (χ4v) is 2.65. The molecule has 0 fully saturated rings. The molecule has 2 aromatic carbocycles. The van der Waals surface area contributed by atoms with Gasteiger partial charge in [0.1, 0.15) is 6.04 Å². The van der Waals surface area contributed by atoms with E-state index in [9.17, 15) is 37.7 Å². The normalized spacial score (nSPS) is 12.2. The second-order valence-electron chi connectivity index (χ2n) is 6.86. The van der Waals surface area contributed by atoms with E-state index in [0.717, 1.165) is 12.1 Å². The molecule has 31 heavy (non-hydrogen) atoms. The van der Waals surface area contributed by atoms with Crippen molar-refractivity contribution in [1.29, 1.82) is 0 Å². The Hall–Kier alpha value is -3.76. The van der Waals surface area contributed by atoms with E-state index >= 15 is 0 Å². The predicted octanol–water partition coefficient (Wildman–Crippen LogP) is 3.47. The van der Waals surface area contributed by atoms with Gasteiger partial charge >= 0.3 is 12.1 Å². The van der Waals surface area contributed by atoms with Gasteiger partial charge in [-0.3, -0.25) is 24.5 Å². The Morgan fingerprint density at radius 2 is 1.58 bits per heavy atom. The lowest BCUT2D eigenvalue weighted by molar-refractivity contribution is -0.384. The summed E-state index contributed by atoms with van der Waals surface area (Å²) in [5.41, 5.74) is -0.0616. The predicted molar refractivity (Wildman–Crippen MR) is 104 cm³/mol. The van der Waals surface area contributed by atoms with Crippen LogP contribution in [0.25, 0.3) is 0 Å². The number of alkyl halides is 3. The summed E-state index contributed by atoms with van der Waals surface area (Å²) in [6.07, 6.45) is -5.16. The third-order valence-electron chi connectivity index (χ3n) is 4.26. The van der Waals surface area contributed by atoms with E-state index in [1.54, 1.807) is 5.32 Å². The Morgan fingerprint density at radius 1 is 1.00 bits per heavy atom. The molecular formula is C20H18F3N3O5. The van der Waals surface area contributed by atoms with Crippen LogP contribution in [0.3, 0.4) is 0 Å². The molecule has 0 spiro atoms. The first-order chi connectivity index (χ1) is 14.4. The minimum Gasteiger partial charge on any atom is -0.336 e. The Bertz CT molecular complexity index is 1000.